The van der Waals surface area contributed by atoms with Crippen LogP contribution in [0.4, 0.5) is 5.69 Å². The number of aryl methyl sites for hydroxylation is 2. The van der Waals surface area contributed by atoms with Gasteiger partial charge in [0.15, 0.2) is 0 Å². The first-order valence-corrected chi connectivity index (χ1v) is 8.86. The lowest BCUT2D eigenvalue weighted by molar-refractivity contribution is -0.116. The summed E-state index contributed by atoms with van der Waals surface area (Å²) in [6, 6.07) is 14.2. The second kappa shape index (κ2) is 9.84. The number of anilines is 1. The second-order valence-electron chi connectivity index (χ2n) is 6.11. The standard InChI is InChI=1S/C21H28N2O2/c1-4-18-9-5-7-16(2)21(18)23-20(24)12-14-22-13-11-17-8-6-10-19(15-17)25-3/h5-10,15,22H,4,11-14H2,1-3H3,(H,23,24). The molecule has 0 radical (unpaired) electrons. The molecule has 2 rings (SSSR count). The minimum atomic E-state index is 0.0536. The van der Waals surface area contributed by atoms with Gasteiger partial charge in [0.2, 0.25) is 5.91 Å². The quantitative estimate of drug-likeness (QED) is 0.684. The molecule has 2 N–H and O–H groups in total. The summed E-state index contributed by atoms with van der Waals surface area (Å²) < 4.78 is 5.23. The van der Waals surface area contributed by atoms with Gasteiger partial charge in [-0.05, 0) is 55.1 Å². The number of ether oxygens (including phenoxy) is 1. The third-order valence-electron chi connectivity index (χ3n) is 4.26. The Bertz CT molecular complexity index is 698. The number of carbonyl (C=O) groups is 1. The van der Waals surface area contributed by atoms with Gasteiger partial charge < -0.3 is 15.4 Å². The fraction of sp³-hybridized carbons (Fsp3) is 0.381. The zero-order valence-corrected chi connectivity index (χ0v) is 15.4. The Morgan fingerprint density at radius 3 is 2.68 bits per heavy atom. The van der Waals surface area contributed by atoms with E-state index >= 15 is 0 Å². The Morgan fingerprint density at radius 1 is 1.12 bits per heavy atom. The van der Waals surface area contributed by atoms with Gasteiger partial charge in [0.25, 0.3) is 0 Å². The number of amides is 1. The molecule has 0 aliphatic heterocycles. The predicted molar refractivity (Wildman–Crippen MR) is 103 cm³/mol. The normalized spacial score (nSPS) is 10.5. The van der Waals surface area contributed by atoms with E-state index < -0.39 is 0 Å². The van der Waals surface area contributed by atoms with Crippen molar-refractivity contribution in [1.29, 1.82) is 0 Å². The number of para-hydroxylation sites is 1. The second-order valence-corrected chi connectivity index (χ2v) is 6.11. The van der Waals surface area contributed by atoms with E-state index in [9.17, 15) is 4.79 Å². The topological polar surface area (TPSA) is 50.4 Å². The van der Waals surface area contributed by atoms with Crippen molar-refractivity contribution in [3.8, 4) is 5.75 Å². The molecule has 0 aliphatic rings. The maximum absolute atomic E-state index is 12.2. The maximum Gasteiger partial charge on any atom is 0.225 e. The van der Waals surface area contributed by atoms with Crippen molar-refractivity contribution in [3.05, 3.63) is 59.2 Å². The fourth-order valence-corrected chi connectivity index (χ4v) is 2.79. The molecule has 0 saturated heterocycles. The van der Waals surface area contributed by atoms with Crippen molar-refractivity contribution in [3.63, 3.8) is 0 Å². The lowest BCUT2D eigenvalue weighted by atomic mass is 10.1. The highest BCUT2D eigenvalue weighted by atomic mass is 16.5. The molecule has 0 bridgehead atoms. The van der Waals surface area contributed by atoms with Gasteiger partial charge >= 0.3 is 0 Å². The van der Waals surface area contributed by atoms with Crippen molar-refractivity contribution >= 4 is 11.6 Å². The summed E-state index contributed by atoms with van der Waals surface area (Å²) in [5.74, 6) is 0.930. The number of hydrogen-bond acceptors (Lipinski definition) is 3. The van der Waals surface area contributed by atoms with Gasteiger partial charge in [-0.2, -0.15) is 0 Å². The molecule has 4 nitrogen and oxygen atoms in total. The van der Waals surface area contributed by atoms with Gasteiger partial charge in [0.1, 0.15) is 5.75 Å². The summed E-state index contributed by atoms with van der Waals surface area (Å²) in [7, 11) is 1.67. The van der Waals surface area contributed by atoms with Crippen LogP contribution in [0, 0.1) is 6.92 Å². The highest BCUT2D eigenvalue weighted by Gasteiger charge is 2.08. The highest BCUT2D eigenvalue weighted by molar-refractivity contribution is 5.92. The summed E-state index contributed by atoms with van der Waals surface area (Å²) in [6.07, 6.45) is 2.29. The smallest absolute Gasteiger partial charge is 0.225 e. The van der Waals surface area contributed by atoms with Crippen LogP contribution in [-0.4, -0.2) is 26.1 Å². The number of methoxy groups -OCH3 is 1. The number of benzene rings is 2. The van der Waals surface area contributed by atoms with E-state index in [1.807, 2.05) is 37.3 Å². The predicted octanol–water partition coefficient (Wildman–Crippen LogP) is 3.73. The van der Waals surface area contributed by atoms with Crippen LogP contribution in [0.25, 0.3) is 0 Å². The summed E-state index contributed by atoms with van der Waals surface area (Å²) in [6.45, 7) is 5.64. The molecule has 0 aliphatic carbocycles. The molecule has 0 heterocycles. The van der Waals surface area contributed by atoms with Crippen LogP contribution in [0.3, 0.4) is 0 Å². The molecule has 0 unspecified atom stereocenters. The molecule has 2 aromatic rings. The van der Waals surface area contributed by atoms with Gasteiger partial charge in [-0.25, -0.2) is 0 Å². The molecule has 2 aromatic carbocycles. The average molecular weight is 340 g/mol. The SMILES string of the molecule is CCc1cccc(C)c1NC(=O)CCNCCc1cccc(OC)c1. The Hall–Kier alpha value is -2.33. The molecule has 4 heteroatoms. The van der Waals surface area contributed by atoms with Gasteiger partial charge in [0.05, 0.1) is 7.11 Å². The highest BCUT2D eigenvalue weighted by Crippen LogP contribution is 2.21. The lowest BCUT2D eigenvalue weighted by Crippen LogP contribution is -2.24. The molecule has 1 amide bonds. The van der Waals surface area contributed by atoms with E-state index in [2.05, 4.69) is 29.7 Å². The number of rotatable bonds is 9. The fourth-order valence-electron chi connectivity index (χ4n) is 2.79. The van der Waals surface area contributed by atoms with Crippen LogP contribution in [0.2, 0.25) is 0 Å². The summed E-state index contributed by atoms with van der Waals surface area (Å²) in [5.41, 5.74) is 4.48. The van der Waals surface area contributed by atoms with E-state index in [0.717, 1.165) is 36.4 Å². The first-order chi connectivity index (χ1) is 12.1. The van der Waals surface area contributed by atoms with Crippen LogP contribution in [-0.2, 0) is 17.6 Å². The largest absolute Gasteiger partial charge is 0.497 e. The van der Waals surface area contributed by atoms with Crippen molar-refractivity contribution in [2.75, 3.05) is 25.5 Å². The Labute approximate surface area is 150 Å². The molecule has 25 heavy (non-hydrogen) atoms. The first kappa shape index (κ1) is 19.0. The van der Waals surface area contributed by atoms with Gasteiger partial charge in [-0.3, -0.25) is 4.79 Å². The van der Waals surface area contributed by atoms with Crippen molar-refractivity contribution in [2.24, 2.45) is 0 Å². The molecular formula is C21H28N2O2. The van der Waals surface area contributed by atoms with Gasteiger partial charge in [-0.15, -0.1) is 0 Å². The Morgan fingerprint density at radius 2 is 1.92 bits per heavy atom. The summed E-state index contributed by atoms with van der Waals surface area (Å²) in [5, 5.41) is 6.39. The van der Waals surface area contributed by atoms with Crippen LogP contribution in [0.15, 0.2) is 42.5 Å². The average Bonchev–Trinajstić information content (AvgIpc) is 2.63. The minimum Gasteiger partial charge on any atom is -0.497 e. The van der Waals surface area contributed by atoms with Crippen LogP contribution in [0.5, 0.6) is 5.75 Å². The Kier molecular flexibility index (Phi) is 7.48. The van der Waals surface area contributed by atoms with E-state index in [1.54, 1.807) is 7.11 Å². The van der Waals surface area contributed by atoms with Crippen molar-refractivity contribution in [1.82, 2.24) is 5.32 Å². The molecule has 0 fully saturated rings. The first-order valence-electron chi connectivity index (χ1n) is 8.86. The summed E-state index contributed by atoms with van der Waals surface area (Å²) in [4.78, 5) is 12.2. The zero-order chi connectivity index (χ0) is 18.1. The Balaban J connectivity index is 1.72. The minimum absolute atomic E-state index is 0.0536. The van der Waals surface area contributed by atoms with Crippen LogP contribution >= 0.6 is 0 Å². The van der Waals surface area contributed by atoms with Gasteiger partial charge in [0, 0.05) is 18.7 Å². The van der Waals surface area contributed by atoms with Crippen LogP contribution < -0.4 is 15.4 Å². The summed E-state index contributed by atoms with van der Waals surface area (Å²) >= 11 is 0. The van der Waals surface area contributed by atoms with Crippen molar-refractivity contribution < 1.29 is 9.53 Å². The van der Waals surface area contributed by atoms with E-state index in [-0.39, 0.29) is 5.91 Å². The lowest BCUT2D eigenvalue weighted by Gasteiger charge is -2.13. The number of hydrogen-bond donors (Lipinski definition) is 2. The number of carbonyl (C=O) groups excluding carboxylic acids is 1. The molecule has 0 spiro atoms. The molecular weight excluding hydrogens is 312 g/mol. The molecule has 134 valence electrons. The third kappa shape index (κ3) is 5.91. The zero-order valence-electron chi connectivity index (χ0n) is 15.4. The van der Waals surface area contributed by atoms with Crippen LogP contribution in [0.1, 0.15) is 30.0 Å². The van der Waals surface area contributed by atoms with Gasteiger partial charge in [-0.1, -0.05) is 37.3 Å². The number of nitrogens with one attached hydrogen (secondary N) is 2. The monoisotopic (exact) mass is 340 g/mol. The maximum atomic E-state index is 12.2. The third-order valence-corrected chi connectivity index (χ3v) is 4.26. The van der Waals surface area contributed by atoms with Crippen molar-refractivity contribution in [2.45, 2.75) is 33.1 Å². The van der Waals surface area contributed by atoms with E-state index in [0.29, 0.717) is 13.0 Å². The molecule has 0 aromatic heterocycles. The molecule has 0 saturated carbocycles. The van der Waals surface area contributed by atoms with E-state index in [1.165, 1.54) is 11.1 Å². The molecule has 0 atom stereocenters. The van der Waals surface area contributed by atoms with E-state index in [4.69, 9.17) is 4.74 Å².